The van der Waals surface area contributed by atoms with E-state index in [-0.39, 0.29) is 58.3 Å². The Balaban J connectivity index is 0.00000361. The van der Waals surface area contributed by atoms with Gasteiger partial charge in [0.05, 0.1) is 20.3 Å². The van der Waals surface area contributed by atoms with Crippen LogP contribution in [0.25, 0.3) is 0 Å². The Morgan fingerprint density at radius 1 is 1.28 bits per heavy atom. The number of phenolic OH excluding ortho intramolecular Hbond substituents is 1. The number of carbonyl (C=O) groups excluding carboxylic acids is 1. The fraction of sp³-hybridized carbons (Fsp3) is 0.519. The topological polar surface area (TPSA) is 105 Å². The fourth-order valence-electron chi connectivity index (χ4n) is 4.52. The highest BCUT2D eigenvalue weighted by Crippen LogP contribution is 2.39. The van der Waals surface area contributed by atoms with Gasteiger partial charge in [0.25, 0.3) is 0 Å². The number of aryl methyl sites for hydroxylation is 1. The van der Waals surface area contributed by atoms with Gasteiger partial charge in [-0.3, -0.25) is 10.2 Å². The predicted octanol–water partition coefficient (Wildman–Crippen LogP) is 5.05. The van der Waals surface area contributed by atoms with E-state index in [0.29, 0.717) is 30.0 Å². The molecule has 1 atom stereocenters. The summed E-state index contributed by atoms with van der Waals surface area (Å²) in [5, 5.41) is 19.2. The molecular formula is C27H36BrN3O5. The minimum Gasteiger partial charge on any atom is -0.504 e. The van der Waals surface area contributed by atoms with Crippen molar-refractivity contribution >= 4 is 28.6 Å². The second-order valence-electron chi connectivity index (χ2n) is 10.3. The molecule has 2 aliphatic heterocycles. The van der Waals surface area contributed by atoms with Crippen LogP contribution < -0.4 is 4.74 Å². The molecule has 1 aromatic carbocycles. The van der Waals surface area contributed by atoms with Gasteiger partial charge in [-0.25, -0.2) is 4.98 Å². The molecule has 8 nitrogen and oxygen atoms in total. The average molecular weight is 563 g/mol. The number of aromatic nitrogens is 1. The van der Waals surface area contributed by atoms with Gasteiger partial charge < -0.3 is 24.2 Å². The van der Waals surface area contributed by atoms with Crippen molar-refractivity contribution in [2.24, 2.45) is 0 Å². The van der Waals surface area contributed by atoms with E-state index in [2.05, 4.69) is 4.98 Å². The Hall–Kier alpha value is -2.49. The zero-order valence-corrected chi connectivity index (χ0v) is 23.4. The van der Waals surface area contributed by atoms with Crippen LogP contribution in [0.1, 0.15) is 78.5 Å². The SMILES string of the molecule is Br.COc1cc(C(=O)CN2Cc3cc(COC4CCCCO4)c(C)nc3C2=N)cc(C(C)(C)C)c1O. The third kappa shape index (κ3) is 5.90. The van der Waals surface area contributed by atoms with Crippen molar-refractivity contribution < 1.29 is 24.1 Å². The van der Waals surface area contributed by atoms with Gasteiger partial charge in [0, 0.05) is 35.5 Å². The minimum absolute atomic E-state index is 0. The molecule has 2 aliphatic rings. The van der Waals surface area contributed by atoms with E-state index in [9.17, 15) is 9.90 Å². The van der Waals surface area contributed by atoms with E-state index in [4.69, 9.17) is 19.6 Å². The van der Waals surface area contributed by atoms with Crippen LogP contribution in [0.5, 0.6) is 11.5 Å². The van der Waals surface area contributed by atoms with Gasteiger partial charge in [-0.1, -0.05) is 20.8 Å². The number of rotatable bonds is 7. The molecule has 0 aliphatic carbocycles. The van der Waals surface area contributed by atoms with Gasteiger partial charge in [0.2, 0.25) is 0 Å². The molecular weight excluding hydrogens is 526 g/mol. The summed E-state index contributed by atoms with van der Waals surface area (Å²) in [6, 6.07) is 5.31. The van der Waals surface area contributed by atoms with Gasteiger partial charge in [-0.15, -0.1) is 17.0 Å². The summed E-state index contributed by atoms with van der Waals surface area (Å²) >= 11 is 0. The van der Waals surface area contributed by atoms with Crippen LogP contribution in [0, 0.1) is 12.3 Å². The lowest BCUT2D eigenvalue weighted by molar-refractivity contribution is -0.169. The molecule has 4 rings (SSSR count). The molecule has 1 fully saturated rings. The summed E-state index contributed by atoms with van der Waals surface area (Å²) in [7, 11) is 1.47. The molecule has 1 unspecified atom stereocenters. The molecule has 0 radical (unpaired) electrons. The number of hydrogen-bond donors (Lipinski definition) is 2. The third-order valence-corrected chi connectivity index (χ3v) is 6.62. The maximum Gasteiger partial charge on any atom is 0.182 e. The summed E-state index contributed by atoms with van der Waals surface area (Å²) in [6.07, 6.45) is 2.90. The minimum atomic E-state index is -0.368. The third-order valence-electron chi connectivity index (χ3n) is 6.62. The molecule has 9 heteroatoms. The monoisotopic (exact) mass is 561 g/mol. The first-order valence-corrected chi connectivity index (χ1v) is 12.1. The lowest BCUT2D eigenvalue weighted by Crippen LogP contribution is -2.30. The maximum absolute atomic E-state index is 13.2. The molecule has 2 aromatic rings. The van der Waals surface area contributed by atoms with Crippen LogP contribution in [0.2, 0.25) is 0 Å². The Kier molecular flexibility index (Phi) is 8.80. The van der Waals surface area contributed by atoms with Crippen LogP contribution in [-0.2, 0) is 28.0 Å². The molecule has 1 saturated heterocycles. The van der Waals surface area contributed by atoms with Crippen molar-refractivity contribution in [3.05, 3.63) is 51.8 Å². The highest BCUT2D eigenvalue weighted by molar-refractivity contribution is 8.93. The number of nitrogens with zero attached hydrogens (tertiary/aromatic N) is 2. The zero-order chi connectivity index (χ0) is 25.3. The second kappa shape index (κ2) is 11.3. The Morgan fingerprint density at radius 3 is 2.67 bits per heavy atom. The molecule has 1 aromatic heterocycles. The first-order chi connectivity index (χ1) is 16.6. The van der Waals surface area contributed by atoms with Gasteiger partial charge >= 0.3 is 0 Å². The number of methoxy groups -OCH3 is 1. The summed E-state index contributed by atoms with van der Waals surface area (Å²) in [4.78, 5) is 19.6. The number of pyridine rings is 1. The number of aromatic hydroxyl groups is 1. The van der Waals surface area contributed by atoms with Crippen molar-refractivity contribution in [1.82, 2.24) is 9.88 Å². The lowest BCUT2D eigenvalue weighted by atomic mass is 9.84. The molecule has 0 amide bonds. The van der Waals surface area contributed by atoms with E-state index in [0.717, 1.165) is 42.7 Å². The molecule has 0 bridgehead atoms. The van der Waals surface area contributed by atoms with Crippen molar-refractivity contribution in [3.63, 3.8) is 0 Å². The van der Waals surface area contributed by atoms with Crippen LogP contribution in [-0.4, -0.2) is 53.2 Å². The van der Waals surface area contributed by atoms with Gasteiger partial charge in [-0.2, -0.15) is 0 Å². The molecule has 36 heavy (non-hydrogen) atoms. The van der Waals surface area contributed by atoms with Crippen molar-refractivity contribution in [2.75, 3.05) is 20.3 Å². The number of carbonyl (C=O) groups is 1. The van der Waals surface area contributed by atoms with Crippen molar-refractivity contribution in [3.8, 4) is 11.5 Å². The zero-order valence-electron chi connectivity index (χ0n) is 21.6. The van der Waals surface area contributed by atoms with E-state index >= 15 is 0 Å². The van der Waals surface area contributed by atoms with E-state index in [1.165, 1.54) is 7.11 Å². The number of amidine groups is 1. The molecule has 0 spiro atoms. The average Bonchev–Trinajstić information content (AvgIpc) is 3.11. The number of halogens is 1. The van der Waals surface area contributed by atoms with Crippen LogP contribution in [0.4, 0.5) is 0 Å². The number of hydrogen-bond acceptors (Lipinski definition) is 7. The van der Waals surface area contributed by atoms with Crippen LogP contribution in [0.3, 0.4) is 0 Å². The molecule has 196 valence electrons. The van der Waals surface area contributed by atoms with Gasteiger partial charge in [0.1, 0.15) is 11.5 Å². The number of benzene rings is 1. The molecule has 2 N–H and O–H groups in total. The summed E-state index contributed by atoms with van der Waals surface area (Å²) < 4.78 is 16.9. The van der Waals surface area contributed by atoms with Gasteiger partial charge in [-0.05, 0) is 55.4 Å². The predicted molar refractivity (Wildman–Crippen MR) is 143 cm³/mol. The Labute approximate surface area is 223 Å². The lowest BCUT2D eigenvalue weighted by Gasteiger charge is -2.23. The summed E-state index contributed by atoms with van der Waals surface area (Å²) in [5.41, 5.74) is 4.02. The van der Waals surface area contributed by atoms with Gasteiger partial charge in [0.15, 0.2) is 23.6 Å². The van der Waals surface area contributed by atoms with Crippen molar-refractivity contribution in [2.45, 2.75) is 71.8 Å². The van der Waals surface area contributed by atoms with E-state index < -0.39 is 0 Å². The number of ether oxygens (including phenoxy) is 3. The fourth-order valence-corrected chi connectivity index (χ4v) is 4.52. The largest absolute Gasteiger partial charge is 0.504 e. The Morgan fingerprint density at radius 2 is 2.03 bits per heavy atom. The quantitative estimate of drug-likeness (QED) is 0.456. The number of fused-ring (bicyclic) bond motifs is 1. The number of Topliss-reactive ketones (excluding diaryl/α,β-unsaturated/α-hetero) is 1. The maximum atomic E-state index is 13.2. The Bertz CT molecular complexity index is 1140. The van der Waals surface area contributed by atoms with Crippen molar-refractivity contribution in [1.29, 1.82) is 5.41 Å². The number of nitrogens with one attached hydrogen (secondary N) is 1. The first-order valence-electron chi connectivity index (χ1n) is 12.1. The normalized spacial score (nSPS) is 17.5. The number of ketones is 1. The van der Waals surface area contributed by atoms with Crippen LogP contribution in [0.15, 0.2) is 18.2 Å². The molecule has 3 heterocycles. The molecule has 0 saturated carbocycles. The standard InChI is InChI=1S/C27H35N3O5.BrH/c1-16-19(15-35-23-8-6-7-9-34-23)10-18-13-30(26(28)24(18)29-16)14-21(31)17-11-20(27(2,3)4)25(32)22(12-17)33-5;/h10-12,23,28,32H,6-9,13-15H2,1-5H3;1H. The second-order valence-corrected chi connectivity index (χ2v) is 10.3. The highest BCUT2D eigenvalue weighted by atomic mass is 79.9. The number of phenols is 1. The summed E-state index contributed by atoms with van der Waals surface area (Å²) in [5.74, 6) is 0.401. The van der Waals surface area contributed by atoms with E-state index in [1.807, 2.05) is 33.8 Å². The highest BCUT2D eigenvalue weighted by Gasteiger charge is 2.30. The van der Waals surface area contributed by atoms with E-state index in [1.54, 1.807) is 17.0 Å². The van der Waals surface area contributed by atoms with Crippen LogP contribution >= 0.6 is 17.0 Å². The summed E-state index contributed by atoms with van der Waals surface area (Å²) in [6.45, 7) is 9.44. The smallest absolute Gasteiger partial charge is 0.182 e. The first kappa shape index (κ1) is 28.1.